The molecule has 9 heteroatoms. The maximum Gasteiger partial charge on any atom is 0.226 e. The number of aromatic nitrogens is 4. The van der Waals surface area contributed by atoms with Gasteiger partial charge in [-0.1, -0.05) is 0 Å². The predicted octanol–water partition coefficient (Wildman–Crippen LogP) is 0.460. The van der Waals surface area contributed by atoms with E-state index in [-0.39, 0.29) is 24.5 Å². The lowest BCUT2D eigenvalue weighted by atomic mass is 10.0. The van der Waals surface area contributed by atoms with Crippen molar-refractivity contribution in [2.24, 2.45) is 7.05 Å². The van der Waals surface area contributed by atoms with Crippen LogP contribution in [0.2, 0.25) is 5.28 Å². The Kier molecular flexibility index (Phi) is 3.45. The first kappa shape index (κ1) is 15.1. The van der Waals surface area contributed by atoms with Crippen molar-refractivity contribution in [3.63, 3.8) is 0 Å². The van der Waals surface area contributed by atoms with E-state index in [0.717, 1.165) is 0 Å². The van der Waals surface area contributed by atoms with Crippen LogP contribution in [0.5, 0.6) is 0 Å². The standard InChI is InChI=1S/C14H18ClN5O3/c1-8-5-22-4-3-20(8)11-9-10(17-13(15)18-11)19(2)12(16-9)14(21)6-23-7-14/h8,21H,3-7H2,1-2H3. The number of anilines is 1. The molecule has 2 fully saturated rings. The first-order valence-electron chi connectivity index (χ1n) is 7.54. The number of nitrogens with zero attached hydrogens (tertiary/aromatic N) is 5. The third-order valence-electron chi connectivity index (χ3n) is 4.41. The molecule has 0 spiro atoms. The summed E-state index contributed by atoms with van der Waals surface area (Å²) < 4.78 is 12.4. The summed E-state index contributed by atoms with van der Waals surface area (Å²) in [5, 5.41) is 10.7. The molecule has 0 aliphatic carbocycles. The van der Waals surface area contributed by atoms with Crippen LogP contribution in [0.15, 0.2) is 0 Å². The lowest BCUT2D eigenvalue weighted by molar-refractivity contribution is -0.190. The van der Waals surface area contributed by atoms with E-state index in [9.17, 15) is 5.11 Å². The summed E-state index contributed by atoms with van der Waals surface area (Å²) in [6.45, 7) is 4.50. The highest BCUT2D eigenvalue weighted by Crippen LogP contribution is 2.34. The van der Waals surface area contributed by atoms with Gasteiger partial charge < -0.3 is 24.0 Å². The van der Waals surface area contributed by atoms with E-state index >= 15 is 0 Å². The van der Waals surface area contributed by atoms with Crippen LogP contribution >= 0.6 is 11.6 Å². The molecular weight excluding hydrogens is 322 g/mol. The number of halogens is 1. The Morgan fingerprint density at radius 2 is 2.04 bits per heavy atom. The van der Waals surface area contributed by atoms with Crippen LogP contribution in [0.3, 0.4) is 0 Å². The summed E-state index contributed by atoms with van der Waals surface area (Å²) in [7, 11) is 1.82. The molecule has 23 heavy (non-hydrogen) atoms. The Hall–Kier alpha value is -1.48. The van der Waals surface area contributed by atoms with Crippen LogP contribution in [-0.4, -0.2) is 63.6 Å². The highest BCUT2D eigenvalue weighted by atomic mass is 35.5. The Labute approximate surface area is 138 Å². The van der Waals surface area contributed by atoms with Crippen LogP contribution in [0.1, 0.15) is 12.7 Å². The van der Waals surface area contributed by atoms with Crippen molar-refractivity contribution in [2.45, 2.75) is 18.6 Å². The molecule has 2 aromatic heterocycles. The van der Waals surface area contributed by atoms with Gasteiger partial charge in [0.2, 0.25) is 5.28 Å². The highest BCUT2D eigenvalue weighted by molar-refractivity contribution is 6.28. The van der Waals surface area contributed by atoms with Crippen molar-refractivity contribution >= 4 is 28.6 Å². The van der Waals surface area contributed by atoms with Crippen molar-refractivity contribution in [3.05, 3.63) is 11.1 Å². The zero-order valence-corrected chi connectivity index (χ0v) is 13.7. The molecular formula is C14H18ClN5O3. The molecule has 8 nitrogen and oxygen atoms in total. The number of fused-ring (bicyclic) bond motifs is 1. The summed E-state index contributed by atoms with van der Waals surface area (Å²) in [6.07, 6.45) is 0. The second-order valence-corrected chi connectivity index (χ2v) is 6.46. The molecule has 0 aromatic carbocycles. The molecule has 2 aliphatic rings. The van der Waals surface area contributed by atoms with Gasteiger partial charge >= 0.3 is 0 Å². The first-order chi connectivity index (χ1) is 11.0. The van der Waals surface area contributed by atoms with Gasteiger partial charge in [0.25, 0.3) is 0 Å². The van der Waals surface area contributed by atoms with Gasteiger partial charge in [-0.25, -0.2) is 4.98 Å². The van der Waals surface area contributed by atoms with Crippen LogP contribution in [-0.2, 0) is 22.1 Å². The highest BCUT2D eigenvalue weighted by Gasteiger charge is 2.43. The van der Waals surface area contributed by atoms with Crippen molar-refractivity contribution in [3.8, 4) is 0 Å². The number of hydrogen-bond acceptors (Lipinski definition) is 7. The van der Waals surface area contributed by atoms with Gasteiger partial charge in [0, 0.05) is 13.6 Å². The molecule has 0 saturated carbocycles. The van der Waals surface area contributed by atoms with Crippen molar-refractivity contribution < 1.29 is 14.6 Å². The molecule has 2 aromatic rings. The molecule has 0 bridgehead atoms. The maximum atomic E-state index is 10.6. The second-order valence-electron chi connectivity index (χ2n) is 6.12. The van der Waals surface area contributed by atoms with E-state index in [1.165, 1.54) is 0 Å². The van der Waals surface area contributed by atoms with Gasteiger partial charge in [-0.15, -0.1) is 0 Å². The minimum absolute atomic E-state index is 0.164. The number of ether oxygens (including phenoxy) is 2. The van der Waals surface area contributed by atoms with E-state index in [0.29, 0.717) is 42.6 Å². The normalized spacial score (nSPS) is 24.0. The SMILES string of the molecule is CC1COCCN1c1nc(Cl)nc2c1nc(C1(O)COC1)n2C. The van der Waals surface area contributed by atoms with Gasteiger partial charge in [-0.05, 0) is 18.5 Å². The second kappa shape index (κ2) is 5.27. The van der Waals surface area contributed by atoms with Gasteiger partial charge in [0.15, 0.2) is 22.6 Å². The molecule has 0 radical (unpaired) electrons. The van der Waals surface area contributed by atoms with Crippen molar-refractivity contribution in [2.75, 3.05) is 37.9 Å². The van der Waals surface area contributed by atoms with Crippen LogP contribution in [0, 0.1) is 0 Å². The van der Waals surface area contributed by atoms with E-state index < -0.39 is 5.60 Å². The molecule has 4 rings (SSSR count). The van der Waals surface area contributed by atoms with Crippen LogP contribution < -0.4 is 4.90 Å². The monoisotopic (exact) mass is 339 g/mol. The molecule has 4 heterocycles. The first-order valence-corrected chi connectivity index (χ1v) is 7.92. The number of aryl methyl sites for hydroxylation is 1. The Morgan fingerprint density at radius 3 is 2.70 bits per heavy atom. The van der Waals surface area contributed by atoms with E-state index in [4.69, 9.17) is 21.1 Å². The molecule has 1 unspecified atom stereocenters. The van der Waals surface area contributed by atoms with E-state index in [1.54, 1.807) is 4.57 Å². The van der Waals surface area contributed by atoms with E-state index in [2.05, 4.69) is 26.8 Å². The van der Waals surface area contributed by atoms with Gasteiger partial charge in [0.05, 0.1) is 32.5 Å². The third-order valence-corrected chi connectivity index (χ3v) is 4.58. The largest absolute Gasteiger partial charge is 0.377 e. The summed E-state index contributed by atoms with van der Waals surface area (Å²) in [5.74, 6) is 1.21. The van der Waals surface area contributed by atoms with E-state index in [1.807, 2.05) is 7.05 Å². The number of imidazole rings is 1. The molecule has 124 valence electrons. The lowest BCUT2D eigenvalue weighted by Crippen LogP contribution is -2.48. The predicted molar refractivity (Wildman–Crippen MR) is 83.7 cm³/mol. The van der Waals surface area contributed by atoms with Crippen LogP contribution in [0.4, 0.5) is 5.82 Å². The topological polar surface area (TPSA) is 85.5 Å². The average Bonchev–Trinajstić information content (AvgIpc) is 2.82. The lowest BCUT2D eigenvalue weighted by Gasteiger charge is -2.35. The minimum Gasteiger partial charge on any atom is -0.377 e. The van der Waals surface area contributed by atoms with Crippen molar-refractivity contribution in [1.29, 1.82) is 0 Å². The quantitative estimate of drug-likeness (QED) is 0.795. The molecule has 0 amide bonds. The third kappa shape index (κ3) is 2.28. The fraction of sp³-hybridized carbons (Fsp3) is 0.643. The Bertz CT molecular complexity index is 760. The molecule has 1 atom stereocenters. The summed E-state index contributed by atoms with van der Waals surface area (Å²) in [6, 6.07) is 0.165. The summed E-state index contributed by atoms with van der Waals surface area (Å²) in [5.41, 5.74) is 0.172. The zero-order valence-electron chi connectivity index (χ0n) is 13.0. The summed E-state index contributed by atoms with van der Waals surface area (Å²) >= 11 is 6.13. The number of rotatable bonds is 2. The number of aliphatic hydroxyl groups is 1. The minimum atomic E-state index is -1.07. The molecule has 2 aliphatic heterocycles. The fourth-order valence-corrected chi connectivity index (χ4v) is 3.26. The van der Waals surface area contributed by atoms with Gasteiger partial charge in [-0.3, -0.25) is 0 Å². The maximum absolute atomic E-state index is 10.6. The zero-order chi connectivity index (χ0) is 16.2. The fourth-order valence-electron chi connectivity index (χ4n) is 3.10. The smallest absolute Gasteiger partial charge is 0.226 e. The molecule has 2 saturated heterocycles. The van der Waals surface area contributed by atoms with Crippen molar-refractivity contribution in [1.82, 2.24) is 19.5 Å². The van der Waals surface area contributed by atoms with Gasteiger partial charge in [0.1, 0.15) is 5.82 Å². The average molecular weight is 340 g/mol. The number of hydrogen-bond donors (Lipinski definition) is 1. The molecule has 1 N–H and O–H groups in total. The summed E-state index contributed by atoms with van der Waals surface area (Å²) in [4.78, 5) is 15.4. The number of morpholine rings is 1. The van der Waals surface area contributed by atoms with Gasteiger partial charge in [-0.2, -0.15) is 9.97 Å². The Morgan fingerprint density at radius 1 is 1.26 bits per heavy atom. The Balaban J connectivity index is 1.89. The van der Waals surface area contributed by atoms with Crippen LogP contribution in [0.25, 0.3) is 11.2 Å².